The number of hydrogen-bond acceptors (Lipinski definition) is 6. The Morgan fingerprint density at radius 1 is 1.00 bits per heavy atom. The zero-order valence-corrected chi connectivity index (χ0v) is 21.0. The average molecular weight is 508 g/mol. The maximum atomic E-state index is 11.5. The molecule has 0 amide bonds. The fourth-order valence-corrected chi connectivity index (χ4v) is 5.48. The number of nitro groups is 1. The predicted octanol–water partition coefficient (Wildman–Crippen LogP) is 7.16. The van der Waals surface area contributed by atoms with Crippen molar-refractivity contribution in [1.82, 2.24) is 4.68 Å². The molecule has 1 aliphatic rings. The maximum Gasteiger partial charge on any atom is 0.294 e. The molecule has 0 saturated heterocycles. The summed E-state index contributed by atoms with van der Waals surface area (Å²) in [6, 6.07) is 24.3. The number of para-hydroxylation sites is 2. The molecule has 1 aromatic heterocycles. The standard InChI is InChI=1S/C29H25N5O2S/c30-18-21-10-12-22(13-11-21)19-31-33-28(25-16-14-24(15-17-25)23-6-2-1-3-7-23)20-37-29(33)32-26-8-4-5-9-27(26)34(35)36/h4-5,8-17,19-20,23H,1-3,6-7H2. The van der Waals surface area contributed by atoms with Crippen LogP contribution in [0, 0.1) is 21.4 Å². The van der Waals surface area contributed by atoms with Crippen LogP contribution in [0.5, 0.6) is 0 Å². The van der Waals surface area contributed by atoms with Crippen LogP contribution in [-0.4, -0.2) is 15.8 Å². The monoisotopic (exact) mass is 507 g/mol. The molecule has 1 heterocycles. The molecule has 0 N–H and O–H groups in total. The number of benzene rings is 3. The Balaban J connectivity index is 1.57. The van der Waals surface area contributed by atoms with Crippen molar-refractivity contribution in [3.8, 4) is 17.3 Å². The van der Waals surface area contributed by atoms with E-state index in [0.717, 1.165) is 16.8 Å². The van der Waals surface area contributed by atoms with Crippen molar-refractivity contribution >= 4 is 28.9 Å². The Labute approximate surface area is 218 Å². The average Bonchev–Trinajstić information content (AvgIpc) is 3.35. The van der Waals surface area contributed by atoms with Gasteiger partial charge in [0.2, 0.25) is 4.80 Å². The Morgan fingerprint density at radius 3 is 2.43 bits per heavy atom. The zero-order valence-electron chi connectivity index (χ0n) is 20.2. The lowest BCUT2D eigenvalue weighted by Crippen LogP contribution is -2.12. The molecule has 1 aliphatic carbocycles. The van der Waals surface area contributed by atoms with E-state index in [1.807, 2.05) is 17.5 Å². The Kier molecular flexibility index (Phi) is 7.33. The lowest BCUT2D eigenvalue weighted by molar-refractivity contribution is -0.384. The second-order valence-corrected chi connectivity index (χ2v) is 9.84. The van der Waals surface area contributed by atoms with Gasteiger partial charge in [-0.3, -0.25) is 10.1 Å². The third-order valence-electron chi connectivity index (χ3n) is 6.62. The van der Waals surface area contributed by atoms with E-state index in [0.29, 0.717) is 16.3 Å². The second kappa shape index (κ2) is 11.1. The first-order valence-corrected chi connectivity index (χ1v) is 13.1. The highest BCUT2D eigenvalue weighted by Gasteiger charge is 2.17. The van der Waals surface area contributed by atoms with E-state index in [9.17, 15) is 10.1 Å². The number of aromatic nitrogens is 1. The minimum Gasteiger partial charge on any atom is -0.258 e. The van der Waals surface area contributed by atoms with Crippen LogP contribution in [0.4, 0.5) is 11.4 Å². The van der Waals surface area contributed by atoms with Crippen LogP contribution >= 0.6 is 11.3 Å². The molecular weight excluding hydrogens is 482 g/mol. The van der Waals surface area contributed by atoms with Gasteiger partial charge in [0, 0.05) is 17.0 Å². The first-order chi connectivity index (χ1) is 18.1. The predicted molar refractivity (Wildman–Crippen MR) is 146 cm³/mol. The first kappa shape index (κ1) is 24.3. The van der Waals surface area contributed by atoms with E-state index in [4.69, 9.17) is 10.4 Å². The molecule has 1 saturated carbocycles. The van der Waals surface area contributed by atoms with E-state index >= 15 is 0 Å². The summed E-state index contributed by atoms with van der Waals surface area (Å²) in [4.78, 5) is 16.3. The highest BCUT2D eigenvalue weighted by molar-refractivity contribution is 7.07. The van der Waals surface area contributed by atoms with Crippen molar-refractivity contribution < 1.29 is 4.92 Å². The molecule has 3 aromatic carbocycles. The van der Waals surface area contributed by atoms with Gasteiger partial charge in [-0.15, -0.1) is 11.3 Å². The summed E-state index contributed by atoms with van der Waals surface area (Å²) in [7, 11) is 0. The molecule has 5 rings (SSSR count). The Bertz CT molecular complexity index is 1540. The quantitative estimate of drug-likeness (QED) is 0.157. The van der Waals surface area contributed by atoms with Gasteiger partial charge in [0.25, 0.3) is 5.69 Å². The summed E-state index contributed by atoms with van der Waals surface area (Å²) in [5, 5.41) is 27.3. The van der Waals surface area contributed by atoms with Crippen LogP contribution < -0.4 is 4.80 Å². The SMILES string of the molecule is N#Cc1ccc(C=Nn2c(-c3ccc(C4CCCCC4)cc3)csc2=Nc2ccccc2[N+](=O)[O-])cc1. The van der Waals surface area contributed by atoms with E-state index in [1.54, 1.807) is 41.2 Å². The fraction of sp³-hybridized carbons (Fsp3) is 0.207. The molecule has 0 unspecified atom stereocenters. The van der Waals surface area contributed by atoms with Crippen LogP contribution in [0.15, 0.2) is 88.3 Å². The van der Waals surface area contributed by atoms with Crippen LogP contribution in [0.3, 0.4) is 0 Å². The summed E-state index contributed by atoms with van der Waals surface area (Å²) >= 11 is 1.38. The van der Waals surface area contributed by atoms with Gasteiger partial charge in [0.1, 0.15) is 5.69 Å². The van der Waals surface area contributed by atoms with Gasteiger partial charge in [-0.2, -0.15) is 10.4 Å². The second-order valence-electron chi connectivity index (χ2n) is 9.01. The van der Waals surface area contributed by atoms with Crippen molar-refractivity contribution in [1.29, 1.82) is 5.26 Å². The Morgan fingerprint density at radius 2 is 1.73 bits per heavy atom. The van der Waals surface area contributed by atoms with Crippen LogP contribution in [0.25, 0.3) is 11.3 Å². The third kappa shape index (κ3) is 5.57. The summed E-state index contributed by atoms with van der Waals surface area (Å²) in [6.07, 6.45) is 8.09. The van der Waals surface area contributed by atoms with Crippen molar-refractivity contribution in [3.05, 3.63) is 110 Å². The molecule has 4 aromatic rings. The van der Waals surface area contributed by atoms with Crippen LogP contribution in [-0.2, 0) is 0 Å². The van der Waals surface area contributed by atoms with Crippen molar-refractivity contribution in [2.45, 2.75) is 38.0 Å². The number of rotatable bonds is 6. The molecule has 0 bridgehead atoms. The molecule has 7 nitrogen and oxygen atoms in total. The molecule has 0 radical (unpaired) electrons. The summed E-state index contributed by atoms with van der Waals surface area (Å²) in [5.41, 5.74) is 4.84. The summed E-state index contributed by atoms with van der Waals surface area (Å²) in [5.74, 6) is 0.621. The largest absolute Gasteiger partial charge is 0.294 e. The lowest BCUT2D eigenvalue weighted by Gasteiger charge is -2.22. The topological polar surface area (TPSA) is 96.6 Å². The minimum absolute atomic E-state index is 0.0584. The molecule has 0 spiro atoms. The number of nitriles is 1. The van der Waals surface area contributed by atoms with E-state index in [1.165, 1.54) is 55.1 Å². The lowest BCUT2D eigenvalue weighted by atomic mass is 9.84. The molecule has 1 fully saturated rings. The van der Waals surface area contributed by atoms with Gasteiger partial charge in [-0.1, -0.05) is 67.8 Å². The van der Waals surface area contributed by atoms with Crippen molar-refractivity contribution in [3.63, 3.8) is 0 Å². The van der Waals surface area contributed by atoms with Gasteiger partial charge in [0.15, 0.2) is 0 Å². The van der Waals surface area contributed by atoms with Crippen molar-refractivity contribution in [2.75, 3.05) is 0 Å². The normalized spacial score (nSPS) is 14.6. The number of thiazole rings is 1. The van der Waals surface area contributed by atoms with Crippen molar-refractivity contribution in [2.24, 2.45) is 10.1 Å². The number of nitro benzene ring substituents is 1. The van der Waals surface area contributed by atoms with E-state index in [-0.39, 0.29) is 11.4 Å². The van der Waals surface area contributed by atoms with Gasteiger partial charge in [-0.25, -0.2) is 9.67 Å². The van der Waals surface area contributed by atoms with E-state index < -0.39 is 4.92 Å². The van der Waals surface area contributed by atoms with Gasteiger partial charge >= 0.3 is 0 Å². The van der Waals surface area contributed by atoms with Crippen LogP contribution in [0.1, 0.15) is 54.7 Å². The summed E-state index contributed by atoms with van der Waals surface area (Å²) in [6.45, 7) is 0. The molecule has 37 heavy (non-hydrogen) atoms. The maximum absolute atomic E-state index is 11.5. The van der Waals surface area contributed by atoms with Gasteiger partial charge < -0.3 is 0 Å². The smallest absolute Gasteiger partial charge is 0.258 e. The summed E-state index contributed by atoms with van der Waals surface area (Å²) < 4.78 is 1.72. The zero-order chi connectivity index (χ0) is 25.6. The number of hydrogen-bond donors (Lipinski definition) is 0. The molecule has 184 valence electrons. The highest BCUT2D eigenvalue weighted by atomic mass is 32.1. The molecule has 0 aliphatic heterocycles. The highest BCUT2D eigenvalue weighted by Crippen LogP contribution is 2.34. The first-order valence-electron chi connectivity index (χ1n) is 12.3. The molecule has 8 heteroatoms. The molecule has 0 atom stereocenters. The van der Waals surface area contributed by atoms with Gasteiger partial charge in [0.05, 0.1) is 28.5 Å². The Hall–Kier alpha value is -4.35. The number of nitrogens with zero attached hydrogens (tertiary/aromatic N) is 5. The minimum atomic E-state index is -0.429. The van der Waals surface area contributed by atoms with Crippen LogP contribution in [0.2, 0.25) is 0 Å². The van der Waals surface area contributed by atoms with Gasteiger partial charge in [-0.05, 0) is 48.1 Å². The fourth-order valence-electron chi connectivity index (χ4n) is 4.63. The third-order valence-corrected chi connectivity index (χ3v) is 7.44. The molecular formula is C29H25N5O2S. The van der Waals surface area contributed by atoms with E-state index in [2.05, 4.69) is 35.3 Å².